The first kappa shape index (κ1) is 22.6. The number of anilines is 1. The van der Waals surface area contributed by atoms with E-state index in [1.165, 1.54) is 22.5 Å². The van der Waals surface area contributed by atoms with Gasteiger partial charge in [-0.15, -0.1) is 0 Å². The summed E-state index contributed by atoms with van der Waals surface area (Å²) in [6.45, 7) is 4.08. The highest BCUT2D eigenvalue weighted by molar-refractivity contribution is 7.89. The molecule has 3 aromatic carbocycles. The number of nitrogens with one attached hydrogen (secondary N) is 1. The molecule has 1 aliphatic rings. The quantitative estimate of drug-likeness (QED) is 0.448. The van der Waals surface area contributed by atoms with Crippen LogP contribution < -0.4 is 5.32 Å². The summed E-state index contributed by atoms with van der Waals surface area (Å²) in [5.41, 5.74) is 4.04. The van der Waals surface area contributed by atoms with Crippen molar-refractivity contribution in [3.63, 3.8) is 0 Å². The smallest absolute Gasteiger partial charge is 0.272 e. The SMILES string of the molecule is Cc1ccc(S(=O)(=O)N2CCc3ccc(NC(=O)c4ccc([N+](=O)[O-])c(C)c4)cc3C2)cc1. The molecule has 3 aromatic rings. The Bertz CT molecular complexity index is 1350. The molecule has 170 valence electrons. The summed E-state index contributed by atoms with van der Waals surface area (Å²) in [5, 5.41) is 13.8. The molecule has 0 aromatic heterocycles. The Morgan fingerprint density at radius 2 is 1.73 bits per heavy atom. The number of amides is 1. The maximum Gasteiger partial charge on any atom is 0.272 e. The lowest BCUT2D eigenvalue weighted by Gasteiger charge is -2.28. The lowest BCUT2D eigenvalue weighted by molar-refractivity contribution is -0.385. The Kier molecular flexibility index (Phi) is 6.01. The molecule has 0 radical (unpaired) electrons. The van der Waals surface area contributed by atoms with Crippen LogP contribution in [0.15, 0.2) is 65.6 Å². The zero-order valence-electron chi connectivity index (χ0n) is 18.2. The van der Waals surface area contributed by atoms with Gasteiger partial charge in [-0.3, -0.25) is 14.9 Å². The number of rotatable bonds is 5. The van der Waals surface area contributed by atoms with Crippen molar-refractivity contribution >= 4 is 27.3 Å². The van der Waals surface area contributed by atoms with Crippen LogP contribution in [0, 0.1) is 24.0 Å². The van der Waals surface area contributed by atoms with Crippen molar-refractivity contribution in [2.45, 2.75) is 31.7 Å². The molecule has 0 saturated heterocycles. The van der Waals surface area contributed by atoms with Gasteiger partial charge in [0.15, 0.2) is 0 Å². The van der Waals surface area contributed by atoms with Gasteiger partial charge in [-0.2, -0.15) is 4.31 Å². The average Bonchev–Trinajstić information content (AvgIpc) is 2.78. The third-order valence-corrected chi connectivity index (χ3v) is 7.62. The van der Waals surface area contributed by atoms with Crippen molar-refractivity contribution in [3.05, 3.63) is 98.6 Å². The number of fused-ring (bicyclic) bond motifs is 1. The molecular weight excluding hydrogens is 442 g/mol. The van der Waals surface area contributed by atoms with Gasteiger partial charge in [0.2, 0.25) is 10.0 Å². The second-order valence-corrected chi connectivity index (χ2v) is 10.0. The van der Waals surface area contributed by atoms with Gasteiger partial charge >= 0.3 is 0 Å². The molecular formula is C24H23N3O5S. The predicted octanol–water partition coefficient (Wildman–Crippen LogP) is 4.21. The second-order valence-electron chi connectivity index (χ2n) is 8.10. The third kappa shape index (κ3) is 4.64. The summed E-state index contributed by atoms with van der Waals surface area (Å²) in [6, 6.07) is 16.4. The van der Waals surface area contributed by atoms with Gasteiger partial charge in [0.05, 0.1) is 9.82 Å². The fourth-order valence-electron chi connectivity index (χ4n) is 3.88. The van der Waals surface area contributed by atoms with E-state index in [9.17, 15) is 23.3 Å². The van der Waals surface area contributed by atoms with Crippen LogP contribution in [0.1, 0.15) is 32.6 Å². The predicted molar refractivity (Wildman–Crippen MR) is 125 cm³/mol. The minimum atomic E-state index is -3.63. The van der Waals surface area contributed by atoms with Crippen LogP contribution in [-0.2, 0) is 23.0 Å². The van der Waals surface area contributed by atoms with Gasteiger partial charge in [-0.05, 0) is 67.8 Å². The van der Waals surface area contributed by atoms with Gasteiger partial charge in [0.25, 0.3) is 11.6 Å². The molecule has 0 saturated carbocycles. The fourth-order valence-corrected chi connectivity index (χ4v) is 5.30. The number of carbonyl (C=O) groups is 1. The number of hydrogen-bond acceptors (Lipinski definition) is 5. The molecule has 0 fully saturated rings. The van der Waals surface area contributed by atoms with E-state index >= 15 is 0 Å². The van der Waals surface area contributed by atoms with Crippen LogP contribution in [0.25, 0.3) is 0 Å². The first-order valence-corrected chi connectivity index (χ1v) is 11.8. The number of aryl methyl sites for hydroxylation is 2. The Morgan fingerprint density at radius 3 is 2.39 bits per heavy atom. The summed E-state index contributed by atoms with van der Waals surface area (Å²) in [6.07, 6.45) is 0.580. The first-order chi connectivity index (χ1) is 15.6. The lowest BCUT2D eigenvalue weighted by atomic mass is 10.0. The van der Waals surface area contributed by atoms with Gasteiger partial charge in [0, 0.05) is 36.0 Å². The standard InChI is InChI=1S/C24H23N3O5S/c1-16-3-8-22(9-4-16)33(31,32)26-12-11-18-5-7-21(14-20(18)15-26)25-24(28)19-6-10-23(27(29)30)17(2)13-19/h3-10,13-14H,11-12,15H2,1-2H3,(H,25,28). The van der Waals surface area contributed by atoms with E-state index in [2.05, 4.69) is 5.32 Å². The number of benzene rings is 3. The zero-order chi connectivity index (χ0) is 23.8. The van der Waals surface area contributed by atoms with Crippen LogP contribution in [0.3, 0.4) is 0 Å². The monoisotopic (exact) mass is 465 g/mol. The number of nitrogens with zero attached hydrogens (tertiary/aromatic N) is 2. The molecule has 8 nitrogen and oxygen atoms in total. The molecule has 0 atom stereocenters. The normalized spacial score (nSPS) is 13.9. The zero-order valence-corrected chi connectivity index (χ0v) is 19.1. The molecule has 4 rings (SSSR count). The maximum absolute atomic E-state index is 13.1. The van der Waals surface area contributed by atoms with Gasteiger partial charge in [-0.1, -0.05) is 23.8 Å². The minimum absolute atomic E-state index is 0.0461. The number of hydrogen-bond donors (Lipinski definition) is 1. The molecule has 1 N–H and O–H groups in total. The molecule has 0 unspecified atom stereocenters. The molecule has 1 aliphatic heterocycles. The highest BCUT2D eigenvalue weighted by Gasteiger charge is 2.28. The maximum atomic E-state index is 13.1. The number of nitro benzene ring substituents is 1. The third-order valence-electron chi connectivity index (χ3n) is 5.76. The van der Waals surface area contributed by atoms with E-state index in [4.69, 9.17) is 0 Å². The summed E-state index contributed by atoms with van der Waals surface area (Å²) >= 11 is 0. The van der Waals surface area contributed by atoms with E-state index in [1.54, 1.807) is 43.3 Å². The largest absolute Gasteiger partial charge is 0.322 e. The Balaban J connectivity index is 1.53. The summed E-state index contributed by atoms with van der Waals surface area (Å²) in [5.74, 6) is -0.395. The van der Waals surface area contributed by atoms with Crippen molar-refractivity contribution in [2.75, 3.05) is 11.9 Å². The molecule has 9 heteroatoms. The molecule has 33 heavy (non-hydrogen) atoms. The van der Waals surface area contributed by atoms with Crippen LogP contribution in [-0.4, -0.2) is 30.1 Å². The van der Waals surface area contributed by atoms with Crippen LogP contribution >= 0.6 is 0 Å². The topological polar surface area (TPSA) is 110 Å². The molecule has 1 heterocycles. The molecule has 0 bridgehead atoms. The van der Waals surface area contributed by atoms with Crippen molar-refractivity contribution in [2.24, 2.45) is 0 Å². The van der Waals surface area contributed by atoms with E-state index in [0.29, 0.717) is 29.8 Å². The average molecular weight is 466 g/mol. The van der Waals surface area contributed by atoms with E-state index in [0.717, 1.165) is 16.7 Å². The summed E-state index contributed by atoms with van der Waals surface area (Å²) in [7, 11) is -3.63. The fraction of sp³-hybridized carbons (Fsp3) is 0.208. The number of nitro groups is 1. The minimum Gasteiger partial charge on any atom is -0.322 e. The van der Waals surface area contributed by atoms with E-state index in [1.807, 2.05) is 13.0 Å². The second kappa shape index (κ2) is 8.76. The molecule has 0 aliphatic carbocycles. The van der Waals surface area contributed by atoms with Gasteiger partial charge in [0.1, 0.15) is 0 Å². The lowest BCUT2D eigenvalue weighted by Crippen LogP contribution is -2.36. The van der Waals surface area contributed by atoms with Gasteiger partial charge < -0.3 is 5.32 Å². The van der Waals surface area contributed by atoms with Crippen molar-refractivity contribution in [1.29, 1.82) is 0 Å². The van der Waals surface area contributed by atoms with E-state index in [-0.39, 0.29) is 17.1 Å². The molecule has 1 amide bonds. The Labute approximate surface area is 192 Å². The van der Waals surface area contributed by atoms with Crippen molar-refractivity contribution in [3.8, 4) is 0 Å². The van der Waals surface area contributed by atoms with Crippen LogP contribution in [0.5, 0.6) is 0 Å². The van der Waals surface area contributed by atoms with Crippen LogP contribution in [0.4, 0.5) is 11.4 Å². The summed E-state index contributed by atoms with van der Waals surface area (Å²) < 4.78 is 27.6. The first-order valence-electron chi connectivity index (χ1n) is 10.4. The number of carbonyl (C=O) groups excluding carboxylic acids is 1. The number of sulfonamides is 1. The summed E-state index contributed by atoms with van der Waals surface area (Å²) in [4.78, 5) is 23.4. The van der Waals surface area contributed by atoms with Crippen LogP contribution in [0.2, 0.25) is 0 Å². The Hall–Kier alpha value is -3.56. The van der Waals surface area contributed by atoms with Gasteiger partial charge in [-0.25, -0.2) is 8.42 Å². The van der Waals surface area contributed by atoms with E-state index < -0.39 is 20.9 Å². The highest BCUT2D eigenvalue weighted by Crippen LogP contribution is 2.28. The highest BCUT2D eigenvalue weighted by atomic mass is 32.2. The molecule has 0 spiro atoms. The Morgan fingerprint density at radius 1 is 1.00 bits per heavy atom. The van der Waals surface area contributed by atoms with Crippen molar-refractivity contribution in [1.82, 2.24) is 4.31 Å². The van der Waals surface area contributed by atoms with Crippen molar-refractivity contribution < 1.29 is 18.1 Å².